The number of anilines is 1. The van der Waals surface area contributed by atoms with E-state index < -0.39 is 5.82 Å². The van der Waals surface area contributed by atoms with E-state index in [9.17, 15) is 14.0 Å². The Morgan fingerprint density at radius 1 is 1.22 bits per heavy atom. The van der Waals surface area contributed by atoms with Gasteiger partial charge in [-0.3, -0.25) is 9.59 Å². The van der Waals surface area contributed by atoms with Gasteiger partial charge in [-0.05, 0) is 25.1 Å². The lowest BCUT2D eigenvalue weighted by atomic mass is 10.1. The Kier molecular flexibility index (Phi) is 8.61. The van der Waals surface area contributed by atoms with Crippen molar-refractivity contribution in [1.82, 2.24) is 9.88 Å². The van der Waals surface area contributed by atoms with E-state index in [0.717, 1.165) is 5.01 Å². The summed E-state index contributed by atoms with van der Waals surface area (Å²) in [5.74, 6) is -0.705. The van der Waals surface area contributed by atoms with E-state index in [-0.39, 0.29) is 36.5 Å². The molecule has 0 aliphatic carbocycles. The number of benzene rings is 1. The number of nitrogens with zero attached hydrogens (tertiary/aromatic N) is 3. The van der Waals surface area contributed by atoms with E-state index in [1.54, 1.807) is 22.4 Å². The number of halogens is 3. The number of rotatable bonds is 4. The van der Waals surface area contributed by atoms with Crippen molar-refractivity contribution >= 4 is 53.5 Å². The molecular weight excluding hydrogens is 414 g/mol. The summed E-state index contributed by atoms with van der Waals surface area (Å²) in [5.41, 5.74) is 6.75. The van der Waals surface area contributed by atoms with E-state index in [1.807, 2.05) is 4.90 Å². The van der Waals surface area contributed by atoms with Crippen LogP contribution in [-0.2, 0) is 6.54 Å². The van der Waals surface area contributed by atoms with Crippen LogP contribution < -0.4 is 10.6 Å². The minimum Gasteiger partial charge on any atom is -0.366 e. The van der Waals surface area contributed by atoms with Gasteiger partial charge in [0.15, 0.2) is 5.78 Å². The number of hydrogen-bond acceptors (Lipinski definition) is 6. The summed E-state index contributed by atoms with van der Waals surface area (Å²) in [7, 11) is 0. The molecule has 2 aromatic rings. The van der Waals surface area contributed by atoms with Gasteiger partial charge in [-0.1, -0.05) is 0 Å². The molecule has 2 N–H and O–H groups in total. The average molecular weight is 435 g/mol. The maximum atomic E-state index is 14.3. The molecule has 1 aromatic carbocycles. The molecule has 6 nitrogen and oxygen atoms in total. The van der Waals surface area contributed by atoms with Crippen LogP contribution >= 0.6 is 36.2 Å². The summed E-state index contributed by atoms with van der Waals surface area (Å²) in [5, 5.41) is 2.45. The molecule has 148 valence electrons. The number of carbonyl (C=O) groups is 2. The highest BCUT2D eigenvalue weighted by Crippen LogP contribution is 2.23. The van der Waals surface area contributed by atoms with Crippen molar-refractivity contribution in [3.05, 3.63) is 45.7 Å². The Bertz CT molecular complexity index is 810. The molecule has 1 aromatic heterocycles. The normalized spacial score (nSPS) is 13.6. The van der Waals surface area contributed by atoms with Gasteiger partial charge in [0, 0.05) is 43.7 Å². The molecule has 0 radical (unpaired) electrons. The van der Waals surface area contributed by atoms with E-state index in [4.69, 9.17) is 5.73 Å². The van der Waals surface area contributed by atoms with Crippen LogP contribution in [0.3, 0.4) is 0 Å². The first kappa shape index (κ1) is 23.3. The molecule has 1 aliphatic heterocycles. The van der Waals surface area contributed by atoms with E-state index >= 15 is 0 Å². The minimum absolute atomic E-state index is 0. The van der Waals surface area contributed by atoms with Gasteiger partial charge in [-0.2, -0.15) is 0 Å². The zero-order chi connectivity index (χ0) is 18.0. The number of nitrogens with two attached hydrogens (primary N) is 1. The highest BCUT2D eigenvalue weighted by atomic mass is 35.5. The first-order chi connectivity index (χ1) is 12.0. The van der Waals surface area contributed by atoms with Crippen molar-refractivity contribution in [2.45, 2.75) is 13.5 Å². The molecule has 0 unspecified atom stereocenters. The fraction of sp³-hybridized carbons (Fsp3) is 0.353. The second-order valence-electron chi connectivity index (χ2n) is 5.83. The third kappa shape index (κ3) is 5.16. The Morgan fingerprint density at radius 3 is 2.41 bits per heavy atom. The molecule has 3 rings (SSSR count). The van der Waals surface area contributed by atoms with E-state index in [0.29, 0.717) is 49.7 Å². The van der Waals surface area contributed by atoms with E-state index in [1.165, 1.54) is 24.3 Å². The Balaban J connectivity index is 0.00000182. The molecule has 1 fully saturated rings. The van der Waals surface area contributed by atoms with Crippen molar-refractivity contribution in [2.24, 2.45) is 5.73 Å². The summed E-state index contributed by atoms with van der Waals surface area (Å²) in [6.45, 7) is 3.75. The van der Waals surface area contributed by atoms with Crippen molar-refractivity contribution in [1.29, 1.82) is 0 Å². The number of amides is 1. The molecule has 1 saturated heterocycles. The van der Waals surface area contributed by atoms with Gasteiger partial charge < -0.3 is 15.5 Å². The van der Waals surface area contributed by atoms with Crippen LogP contribution in [0.2, 0.25) is 0 Å². The third-order valence-corrected chi connectivity index (χ3v) is 5.08. The predicted molar refractivity (Wildman–Crippen MR) is 109 cm³/mol. The predicted octanol–water partition coefficient (Wildman–Crippen LogP) is 2.75. The van der Waals surface area contributed by atoms with Crippen molar-refractivity contribution in [3.63, 3.8) is 0 Å². The molecule has 0 spiro atoms. The molecule has 27 heavy (non-hydrogen) atoms. The van der Waals surface area contributed by atoms with Gasteiger partial charge in [0.2, 0.25) is 0 Å². The third-order valence-electron chi connectivity index (χ3n) is 4.21. The maximum absolute atomic E-state index is 14.3. The van der Waals surface area contributed by atoms with Gasteiger partial charge in [0.05, 0.1) is 5.69 Å². The van der Waals surface area contributed by atoms with Crippen LogP contribution in [0.4, 0.5) is 10.1 Å². The van der Waals surface area contributed by atoms with Gasteiger partial charge in [-0.25, -0.2) is 9.37 Å². The van der Waals surface area contributed by atoms with Crippen LogP contribution in [0, 0.1) is 5.82 Å². The number of piperazine rings is 1. The molecule has 2 heterocycles. The Morgan fingerprint density at radius 2 is 1.89 bits per heavy atom. The maximum Gasteiger partial charge on any atom is 0.273 e. The largest absolute Gasteiger partial charge is 0.366 e. The Labute approximate surface area is 173 Å². The number of hydrogen-bond donors (Lipinski definition) is 1. The lowest BCUT2D eigenvalue weighted by Gasteiger charge is -2.36. The number of thiazole rings is 1. The molecule has 10 heteroatoms. The Hall–Kier alpha value is -1.74. The van der Waals surface area contributed by atoms with E-state index in [2.05, 4.69) is 4.98 Å². The molecule has 1 amide bonds. The first-order valence-corrected chi connectivity index (χ1v) is 8.86. The molecule has 0 bridgehead atoms. The molecule has 0 saturated carbocycles. The highest BCUT2D eigenvalue weighted by molar-refractivity contribution is 7.09. The average Bonchev–Trinajstić information content (AvgIpc) is 3.10. The quantitative estimate of drug-likeness (QED) is 0.748. The van der Waals surface area contributed by atoms with Crippen molar-refractivity contribution < 1.29 is 14.0 Å². The monoisotopic (exact) mass is 434 g/mol. The highest BCUT2D eigenvalue weighted by Gasteiger charge is 2.25. The van der Waals surface area contributed by atoms with Crippen molar-refractivity contribution in [2.75, 3.05) is 31.1 Å². The summed E-state index contributed by atoms with van der Waals surface area (Å²) in [6, 6.07) is 4.51. The van der Waals surface area contributed by atoms with Crippen LogP contribution in [-0.4, -0.2) is 47.8 Å². The second-order valence-corrected chi connectivity index (χ2v) is 6.77. The SMILES string of the molecule is CC(=O)c1ccc(N2CCN(C(=O)c3csc(CN)n3)CC2)c(F)c1.Cl.Cl. The zero-order valence-electron chi connectivity index (χ0n) is 14.7. The number of Topliss-reactive ketones (excluding diaryl/α,β-unsaturated/α-hetero) is 1. The number of aromatic nitrogens is 1. The topological polar surface area (TPSA) is 79.5 Å². The van der Waals surface area contributed by atoms with Gasteiger partial charge >= 0.3 is 0 Å². The molecule has 1 aliphatic rings. The zero-order valence-corrected chi connectivity index (χ0v) is 17.1. The van der Waals surface area contributed by atoms with Gasteiger partial charge in [0.25, 0.3) is 5.91 Å². The van der Waals surface area contributed by atoms with Gasteiger partial charge in [0.1, 0.15) is 16.5 Å². The first-order valence-electron chi connectivity index (χ1n) is 7.98. The molecule has 0 atom stereocenters. The second kappa shape index (κ2) is 9.98. The van der Waals surface area contributed by atoms with Gasteiger partial charge in [-0.15, -0.1) is 36.2 Å². The van der Waals surface area contributed by atoms with Crippen LogP contribution in [0.25, 0.3) is 0 Å². The fourth-order valence-electron chi connectivity index (χ4n) is 2.80. The smallest absolute Gasteiger partial charge is 0.273 e. The summed E-state index contributed by atoms with van der Waals surface area (Å²) in [4.78, 5) is 31.6. The minimum atomic E-state index is -0.417. The lowest BCUT2D eigenvalue weighted by molar-refractivity contribution is 0.0741. The number of carbonyl (C=O) groups excluding carboxylic acids is 2. The summed E-state index contributed by atoms with van der Waals surface area (Å²) >= 11 is 1.37. The summed E-state index contributed by atoms with van der Waals surface area (Å²) in [6.07, 6.45) is 0. The van der Waals surface area contributed by atoms with Crippen LogP contribution in [0.1, 0.15) is 32.8 Å². The number of ketones is 1. The molecular formula is C17H21Cl2FN4O2S. The van der Waals surface area contributed by atoms with Crippen molar-refractivity contribution in [3.8, 4) is 0 Å². The van der Waals surface area contributed by atoms with Crippen LogP contribution in [0.5, 0.6) is 0 Å². The summed E-state index contributed by atoms with van der Waals surface area (Å²) < 4.78 is 14.3. The fourth-order valence-corrected chi connectivity index (χ4v) is 3.45. The van der Waals surface area contributed by atoms with Crippen LogP contribution in [0.15, 0.2) is 23.6 Å². The standard InChI is InChI=1S/C17H19FN4O2S.2ClH/c1-11(23)12-2-3-15(13(18)8-12)21-4-6-22(7-5-21)17(24)14-10-25-16(9-19)20-14;;/h2-3,8,10H,4-7,9,19H2,1H3;2*1H. The lowest BCUT2D eigenvalue weighted by Crippen LogP contribution is -2.49.